The van der Waals surface area contributed by atoms with Crippen LogP contribution >= 0.6 is 0 Å². The van der Waals surface area contributed by atoms with Crippen LogP contribution in [0.5, 0.6) is 0 Å². The van der Waals surface area contributed by atoms with Crippen LogP contribution in [-0.4, -0.2) is 23.8 Å². The number of carbonyl (C=O) groups is 3. The van der Waals surface area contributed by atoms with Crippen LogP contribution in [0.2, 0.25) is 0 Å². The summed E-state index contributed by atoms with van der Waals surface area (Å²) >= 11 is 0. The quantitative estimate of drug-likeness (QED) is 0.793. The molecule has 0 unspecified atom stereocenters. The summed E-state index contributed by atoms with van der Waals surface area (Å²) in [5.41, 5.74) is 0.946. The molecule has 0 bridgehead atoms. The van der Waals surface area contributed by atoms with Crippen molar-refractivity contribution in [1.82, 2.24) is 5.32 Å². The van der Waals surface area contributed by atoms with Gasteiger partial charge in [0.15, 0.2) is 0 Å². The van der Waals surface area contributed by atoms with Gasteiger partial charge in [-0.3, -0.25) is 9.59 Å². The van der Waals surface area contributed by atoms with Gasteiger partial charge in [-0.05, 0) is 30.2 Å². The van der Waals surface area contributed by atoms with Gasteiger partial charge in [0.1, 0.15) is 0 Å². The predicted octanol–water partition coefficient (Wildman–Crippen LogP) is 1.83. The Labute approximate surface area is 152 Å². The number of nitrogens with one attached hydrogen (secondary N) is 2. The maximum atomic E-state index is 12.6. The fraction of sp³-hybridized carbons (Fsp3) is 0.250. The largest absolute Gasteiger partial charge is 0.548 e. The van der Waals surface area contributed by atoms with Crippen LogP contribution in [0, 0.1) is 5.92 Å². The summed E-state index contributed by atoms with van der Waals surface area (Å²) in [6.07, 6.45) is 0.575. The number of carboxylic acid groups (broad SMARTS) is 1. The summed E-state index contributed by atoms with van der Waals surface area (Å²) in [5.74, 6) is -2.55. The SMILES string of the molecule is CC[C@H](C)[C@@H](NC(=O)c1ccccc1NC(=O)c1ccccc1)C(=O)[O-]. The van der Waals surface area contributed by atoms with Crippen molar-refractivity contribution in [3.8, 4) is 0 Å². The number of benzene rings is 2. The minimum absolute atomic E-state index is 0.186. The molecule has 0 radical (unpaired) electrons. The van der Waals surface area contributed by atoms with Gasteiger partial charge in [0.25, 0.3) is 11.8 Å². The summed E-state index contributed by atoms with van der Waals surface area (Å²) in [4.78, 5) is 36.2. The Balaban J connectivity index is 2.21. The Hall–Kier alpha value is -3.15. The molecule has 2 rings (SSSR count). The Morgan fingerprint density at radius 2 is 1.58 bits per heavy atom. The first-order valence-electron chi connectivity index (χ1n) is 8.41. The van der Waals surface area contributed by atoms with Crippen LogP contribution in [-0.2, 0) is 4.79 Å². The third kappa shape index (κ3) is 4.69. The number of hydrogen-bond acceptors (Lipinski definition) is 4. The van der Waals surface area contributed by atoms with E-state index in [9.17, 15) is 19.5 Å². The first kappa shape index (κ1) is 19.2. The van der Waals surface area contributed by atoms with Gasteiger partial charge in [-0.1, -0.05) is 50.6 Å². The van der Waals surface area contributed by atoms with Crippen molar-refractivity contribution in [2.24, 2.45) is 5.92 Å². The van der Waals surface area contributed by atoms with E-state index < -0.39 is 17.9 Å². The van der Waals surface area contributed by atoms with E-state index >= 15 is 0 Å². The second-order valence-electron chi connectivity index (χ2n) is 6.02. The van der Waals surface area contributed by atoms with E-state index in [1.165, 1.54) is 6.07 Å². The van der Waals surface area contributed by atoms with Crippen molar-refractivity contribution in [2.75, 3.05) is 5.32 Å². The van der Waals surface area contributed by atoms with Crippen LogP contribution in [0.3, 0.4) is 0 Å². The van der Waals surface area contributed by atoms with Crippen LogP contribution in [0.15, 0.2) is 54.6 Å². The molecule has 2 N–H and O–H groups in total. The highest BCUT2D eigenvalue weighted by Gasteiger charge is 2.22. The molecule has 0 aliphatic rings. The van der Waals surface area contributed by atoms with Crippen molar-refractivity contribution in [1.29, 1.82) is 0 Å². The molecule has 0 saturated carbocycles. The number of aliphatic carboxylic acids is 1. The van der Waals surface area contributed by atoms with Gasteiger partial charge in [-0.25, -0.2) is 0 Å². The van der Waals surface area contributed by atoms with Gasteiger partial charge < -0.3 is 20.5 Å². The predicted molar refractivity (Wildman–Crippen MR) is 96.6 cm³/mol. The summed E-state index contributed by atoms with van der Waals surface area (Å²) in [7, 11) is 0. The molecule has 2 atom stereocenters. The molecule has 2 aromatic carbocycles. The third-order valence-electron chi connectivity index (χ3n) is 4.21. The zero-order chi connectivity index (χ0) is 19.1. The zero-order valence-electron chi connectivity index (χ0n) is 14.7. The molecule has 2 aromatic rings. The number of anilines is 1. The Kier molecular flexibility index (Phi) is 6.49. The zero-order valence-corrected chi connectivity index (χ0v) is 14.7. The molecular formula is C20H21N2O4-. The number of rotatable bonds is 7. The fourth-order valence-electron chi connectivity index (χ4n) is 2.46. The molecule has 0 saturated heterocycles. The summed E-state index contributed by atoms with van der Waals surface area (Å²) in [6.45, 7) is 3.56. The minimum Gasteiger partial charge on any atom is -0.548 e. The average molecular weight is 353 g/mol. The molecule has 6 heteroatoms. The number of hydrogen-bond donors (Lipinski definition) is 2. The van der Waals surface area contributed by atoms with Crippen LogP contribution in [0.1, 0.15) is 41.0 Å². The van der Waals surface area contributed by atoms with Crippen molar-refractivity contribution in [2.45, 2.75) is 26.3 Å². The highest BCUT2D eigenvalue weighted by molar-refractivity contribution is 6.09. The molecule has 136 valence electrons. The van der Waals surface area contributed by atoms with E-state index in [2.05, 4.69) is 10.6 Å². The summed E-state index contributed by atoms with van der Waals surface area (Å²) in [6, 6.07) is 13.9. The highest BCUT2D eigenvalue weighted by Crippen LogP contribution is 2.17. The number of carbonyl (C=O) groups excluding carboxylic acids is 3. The van der Waals surface area contributed by atoms with Gasteiger partial charge in [0.2, 0.25) is 0 Å². The molecule has 6 nitrogen and oxygen atoms in total. The van der Waals surface area contributed by atoms with Crippen molar-refractivity contribution < 1.29 is 19.5 Å². The second kappa shape index (κ2) is 8.80. The molecule has 0 heterocycles. The van der Waals surface area contributed by atoms with Gasteiger partial charge in [-0.15, -0.1) is 0 Å². The van der Waals surface area contributed by atoms with Crippen molar-refractivity contribution in [3.05, 3.63) is 65.7 Å². The number of amides is 2. The lowest BCUT2D eigenvalue weighted by Gasteiger charge is -2.25. The smallest absolute Gasteiger partial charge is 0.255 e. The van der Waals surface area contributed by atoms with E-state index in [0.717, 1.165) is 0 Å². The Morgan fingerprint density at radius 1 is 0.962 bits per heavy atom. The number of para-hydroxylation sites is 1. The van der Waals surface area contributed by atoms with Crippen molar-refractivity contribution in [3.63, 3.8) is 0 Å². The first-order chi connectivity index (χ1) is 12.4. The first-order valence-corrected chi connectivity index (χ1v) is 8.41. The van der Waals surface area contributed by atoms with Gasteiger partial charge in [0.05, 0.1) is 23.3 Å². The third-order valence-corrected chi connectivity index (χ3v) is 4.21. The number of carboxylic acids is 1. The second-order valence-corrected chi connectivity index (χ2v) is 6.02. The topological polar surface area (TPSA) is 98.3 Å². The van der Waals surface area contributed by atoms with Crippen LogP contribution < -0.4 is 15.7 Å². The lowest BCUT2D eigenvalue weighted by Crippen LogP contribution is -2.51. The van der Waals surface area contributed by atoms with Crippen molar-refractivity contribution >= 4 is 23.5 Å². The molecular weight excluding hydrogens is 332 g/mol. The highest BCUT2D eigenvalue weighted by atomic mass is 16.4. The maximum absolute atomic E-state index is 12.6. The molecule has 26 heavy (non-hydrogen) atoms. The summed E-state index contributed by atoms with van der Waals surface area (Å²) < 4.78 is 0. The molecule has 0 aliphatic carbocycles. The van der Waals surface area contributed by atoms with E-state index in [1.54, 1.807) is 55.5 Å². The normalized spacial score (nSPS) is 12.7. The monoisotopic (exact) mass is 353 g/mol. The van der Waals surface area contributed by atoms with Gasteiger partial charge >= 0.3 is 0 Å². The lowest BCUT2D eigenvalue weighted by molar-refractivity contribution is -0.309. The standard InChI is InChI=1S/C20H22N2O4/c1-3-13(2)17(20(25)26)22-19(24)15-11-7-8-12-16(15)21-18(23)14-9-5-4-6-10-14/h4-13,17H,3H2,1-2H3,(H,21,23)(H,22,24)(H,25,26)/p-1/t13-,17+/m0/s1. The van der Waals surface area contributed by atoms with E-state index in [-0.39, 0.29) is 17.4 Å². The van der Waals surface area contributed by atoms with Crippen LogP contribution in [0.4, 0.5) is 5.69 Å². The molecule has 0 fully saturated rings. The van der Waals surface area contributed by atoms with Crippen LogP contribution in [0.25, 0.3) is 0 Å². The summed E-state index contributed by atoms with van der Waals surface area (Å²) in [5, 5.41) is 16.5. The van der Waals surface area contributed by atoms with E-state index in [0.29, 0.717) is 17.7 Å². The van der Waals surface area contributed by atoms with E-state index in [1.807, 2.05) is 6.92 Å². The Morgan fingerprint density at radius 3 is 2.19 bits per heavy atom. The maximum Gasteiger partial charge on any atom is 0.255 e. The Bertz CT molecular complexity index is 789. The fourth-order valence-corrected chi connectivity index (χ4v) is 2.46. The molecule has 2 amide bonds. The van der Waals surface area contributed by atoms with Gasteiger partial charge in [0, 0.05) is 5.56 Å². The van der Waals surface area contributed by atoms with Gasteiger partial charge in [-0.2, -0.15) is 0 Å². The molecule has 0 spiro atoms. The minimum atomic E-state index is -1.33. The van der Waals surface area contributed by atoms with E-state index in [4.69, 9.17) is 0 Å². The average Bonchev–Trinajstić information content (AvgIpc) is 2.66. The molecule has 0 aliphatic heterocycles. The lowest BCUT2D eigenvalue weighted by atomic mass is 9.98. The molecule has 0 aromatic heterocycles.